The number of nitrogens with one attached hydrogen (secondary N) is 2. The first-order chi connectivity index (χ1) is 10.8. The van der Waals surface area contributed by atoms with Crippen molar-refractivity contribution in [3.8, 4) is 10.4 Å². The van der Waals surface area contributed by atoms with Gasteiger partial charge in [0.05, 0.1) is 0 Å². The van der Waals surface area contributed by atoms with Gasteiger partial charge in [-0.15, -0.1) is 11.3 Å². The monoisotopic (exact) mass is 314 g/mol. The summed E-state index contributed by atoms with van der Waals surface area (Å²) >= 11 is 1.70. The van der Waals surface area contributed by atoms with E-state index in [0.717, 1.165) is 30.8 Å². The van der Waals surface area contributed by atoms with Crippen molar-refractivity contribution in [3.63, 3.8) is 0 Å². The maximum absolute atomic E-state index is 12.3. The zero-order chi connectivity index (χ0) is 15.2. The number of anilines is 1. The molecule has 0 aliphatic carbocycles. The van der Waals surface area contributed by atoms with Gasteiger partial charge in [-0.2, -0.15) is 0 Å². The molecule has 1 aliphatic rings. The molecule has 3 rings (SSSR count). The van der Waals surface area contributed by atoms with Crippen LogP contribution in [0.15, 0.2) is 41.8 Å². The van der Waals surface area contributed by atoms with E-state index in [4.69, 9.17) is 0 Å². The summed E-state index contributed by atoms with van der Waals surface area (Å²) in [5.41, 5.74) is 2.02. The van der Waals surface area contributed by atoms with Crippen molar-refractivity contribution in [2.75, 3.05) is 18.4 Å². The van der Waals surface area contributed by atoms with Gasteiger partial charge in [-0.1, -0.05) is 24.3 Å². The van der Waals surface area contributed by atoms with Gasteiger partial charge in [0.1, 0.15) is 0 Å². The Bertz CT molecular complexity index is 603. The predicted molar refractivity (Wildman–Crippen MR) is 93.2 cm³/mol. The van der Waals surface area contributed by atoms with Crippen molar-refractivity contribution in [1.82, 2.24) is 5.32 Å². The molecule has 116 valence electrons. The van der Waals surface area contributed by atoms with E-state index in [9.17, 15) is 4.79 Å². The van der Waals surface area contributed by atoms with Crippen LogP contribution in [0.4, 0.5) is 5.69 Å². The van der Waals surface area contributed by atoms with E-state index in [1.165, 1.54) is 17.7 Å². The fraction of sp³-hybridized carbons (Fsp3) is 0.389. The Balaban J connectivity index is 1.59. The molecule has 0 radical (unpaired) electrons. The summed E-state index contributed by atoms with van der Waals surface area (Å²) in [6, 6.07) is 12.2. The first-order valence-electron chi connectivity index (χ1n) is 7.96. The molecular weight excluding hydrogens is 292 g/mol. The standard InChI is InChI=1S/C18H22N2OS/c21-18(8-7-14-9-11-19-12-10-14)20-16-5-2-1-4-15(16)17-6-3-13-22-17/h1-6,13-14,19H,7-12H2,(H,20,21). The van der Waals surface area contributed by atoms with Crippen LogP contribution >= 0.6 is 11.3 Å². The number of hydrogen-bond acceptors (Lipinski definition) is 3. The summed E-state index contributed by atoms with van der Waals surface area (Å²) in [7, 11) is 0. The second kappa shape index (κ2) is 7.56. The lowest BCUT2D eigenvalue weighted by Crippen LogP contribution is -2.28. The fourth-order valence-electron chi connectivity index (χ4n) is 2.96. The molecule has 0 spiro atoms. The maximum atomic E-state index is 12.3. The Morgan fingerprint density at radius 1 is 1.18 bits per heavy atom. The molecule has 0 saturated carbocycles. The Kier molecular flexibility index (Phi) is 5.24. The van der Waals surface area contributed by atoms with Crippen molar-refractivity contribution in [3.05, 3.63) is 41.8 Å². The SMILES string of the molecule is O=C(CCC1CCNCC1)Nc1ccccc1-c1cccs1. The van der Waals surface area contributed by atoms with E-state index < -0.39 is 0 Å². The summed E-state index contributed by atoms with van der Waals surface area (Å²) in [6.07, 6.45) is 4.00. The van der Waals surface area contributed by atoms with Crippen LogP contribution in [0, 0.1) is 5.92 Å². The number of carbonyl (C=O) groups excluding carboxylic acids is 1. The van der Waals surface area contributed by atoms with Gasteiger partial charge in [0, 0.05) is 22.5 Å². The molecule has 4 heteroatoms. The summed E-state index contributed by atoms with van der Waals surface area (Å²) in [5, 5.41) is 8.52. The third kappa shape index (κ3) is 3.96. The van der Waals surface area contributed by atoms with Gasteiger partial charge in [-0.25, -0.2) is 0 Å². The van der Waals surface area contributed by atoms with Gasteiger partial charge in [0.15, 0.2) is 0 Å². The molecule has 2 aromatic rings. The highest BCUT2D eigenvalue weighted by atomic mass is 32.1. The second-order valence-corrected chi connectivity index (χ2v) is 6.75. The minimum Gasteiger partial charge on any atom is -0.325 e. The number of carbonyl (C=O) groups is 1. The average molecular weight is 314 g/mol. The number of hydrogen-bond donors (Lipinski definition) is 2. The summed E-state index contributed by atoms with van der Waals surface area (Å²) in [6.45, 7) is 2.18. The Morgan fingerprint density at radius 3 is 2.77 bits per heavy atom. The van der Waals surface area contributed by atoms with E-state index in [1.54, 1.807) is 11.3 Å². The van der Waals surface area contributed by atoms with Gasteiger partial charge in [-0.3, -0.25) is 4.79 Å². The first-order valence-corrected chi connectivity index (χ1v) is 8.84. The van der Waals surface area contributed by atoms with Crippen LogP contribution < -0.4 is 10.6 Å². The lowest BCUT2D eigenvalue weighted by molar-refractivity contribution is -0.116. The Hall–Kier alpha value is -1.65. The molecule has 1 aromatic carbocycles. The minimum atomic E-state index is 0.127. The molecule has 1 amide bonds. The average Bonchev–Trinajstić information content (AvgIpc) is 3.09. The molecule has 0 bridgehead atoms. The summed E-state index contributed by atoms with van der Waals surface area (Å²) in [5.74, 6) is 0.821. The molecule has 2 N–H and O–H groups in total. The number of benzene rings is 1. The zero-order valence-electron chi connectivity index (χ0n) is 12.7. The number of amides is 1. The largest absolute Gasteiger partial charge is 0.325 e. The highest BCUT2D eigenvalue weighted by Crippen LogP contribution is 2.31. The van der Waals surface area contributed by atoms with Crippen LogP contribution in [0.2, 0.25) is 0 Å². The summed E-state index contributed by atoms with van der Waals surface area (Å²) in [4.78, 5) is 13.4. The highest BCUT2D eigenvalue weighted by molar-refractivity contribution is 7.13. The van der Waals surface area contributed by atoms with Crippen LogP contribution in [-0.2, 0) is 4.79 Å². The minimum absolute atomic E-state index is 0.127. The molecule has 1 saturated heterocycles. The van der Waals surface area contributed by atoms with Gasteiger partial charge < -0.3 is 10.6 Å². The molecule has 1 aromatic heterocycles. The van der Waals surface area contributed by atoms with E-state index in [0.29, 0.717) is 12.3 Å². The molecular formula is C18H22N2OS. The number of thiophene rings is 1. The van der Waals surface area contributed by atoms with Crippen molar-refractivity contribution in [2.45, 2.75) is 25.7 Å². The van der Waals surface area contributed by atoms with Gasteiger partial charge in [-0.05, 0) is 55.8 Å². The molecule has 1 fully saturated rings. The molecule has 3 nitrogen and oxygen atoms in total. The highest BCUT2D eigenvalue weighted by Gasteiger charge is 2.15. The number of rotatable bonds is 5. The van der Waals surface area contributed by atoms with E-state index in [1.807, 2.05) is 24.3 Å². The van der Waals surface area contributed by atoms with Crippen LogP contribution in [0.3, 0.4) is 0 Å². The van der Waals surface area contributed by atoms with Crippen molar-refractivity contribution >= 4 is 22.9 Å². The van der Waals surface area contributed by atoms with E-state index in [-0.39, 0.29) is 5.91 Å². The molecule has 22 heavy (non-hydrogen) atoms. The van der Waals surface area contributed by atoms with Crippen LogP contribution in [0.1, 0.15) is 25.7 Å². The predicted octanol–water partition coefficient (Wildman–Crippen LogP) is 4.13. The van der Waals surface area contributed by atoms with E-state index >= 15 is 0 Å². The van der Waals surface area contributed by atoms with Gasteiger partial charge >= 0.3 is 0 Å². The van der Waals surface area contributed by atoms with Crippen LogP contribution in [-0.4, -0.2) is 19.0 Å². The molecule has 0 atom stereocenters. The zero-order valence-corrected chi connectivity index (χ0v) is 13.5. The van der Waals surface area contributed by atoms with Crippen LogP contribution in [0.5, 0.6) is 0 Å². The summed E-state index contributed by atoms with van der Waals surface area (Å²) < 4.78 is 0. The normalized spacial score (nSPS) is 15.6. The number of piperidine rings is 1. The topological polar surface area (TPSA) is 41.1 Å². The first kappa shape index (κ1) is 15.3. The molecule has 2 heterocycles. The van der Waals surface area contributed by atoms with Crippen molar-refractivity contribution in [2.24, 2.45) is 5.92 Å². The Labute approximate surface area is 135 Å². The lowest BCUT2D eigenvalue weighted by atomic mass is 9.93. The third-order valence-electron chi connectivity index (χ3n) is 4.23. The van der Waals surface area contributed by atoms with Crippen molar-refractivity contribution in [1.29, 1.82) is 0 Å². The van der Waals surface area contributed by atoms with E-state index in [2.05, 4.69) is 28.1 Å². The third-order valence-corrected chi connectivity index (χ3v) is 5.13. The van der Waals surface area contributed by atoms with Gasteiger partial charge in [0.25, 0.3) is 0 Å². The number of para-hydroxylation sites is 1. The Morgan fingerprint density at radius 2 is 2.00 bits per heavy atom. The lowest BCUT2D eigenvalue weighted by Gasteiger charge is -2.22. The van der Waals surface area contributed by atoms with Crippen molar-refractivity contribution < 1.29 is 4.79 Å². The second-order valence-electron chi connectivity index (χ2n) is 5.80. The van der Waals surface area contributed by atoms with Gasteiger partial charge in [0.2, 0.25) is 5.91 Å². The molecule has 1 aliphatic heterocycles. The quantitative estimate of drug-likeness (QED) is 0.871. The maximum Gasteiger partial charge on any atom is 0.224 e. The molecule has 0 unspecified atom stereocenters. The fourth-order valence-corrected chi connectivity index (χ4v) is 3.72. The smallest absolute Gasteiger partial charge is 0.224 e. The van der Waals surface area contributed by atoms with Crippen LogP contribution in [0.25, 0.3) is 10.4 Å².